The van der Waals surface area contributed by atoms with E-state index in [1.807, 2.05) is 12.1 Å². The predicted molar refractivity (Wildman–Crippen MR) is 90.4 cm³/mol. The highest BCUT2D eigenvalue weighted by Gasteiger charge is 2.14. The molecular formula is C15H18ClN3O2S. The maximum atomic E-state index is 12.2. The number of hydrogen-bond donors (Lipinski definition) is 3. The van der Waals surface area contributed by atoms with Gasteiger partial charge in [0.15, 0.2) is 0 Å². The number of thioether (sulfide) groups is 1. The fourth-order valence-corrected chi connectivity index (χ4v) is 2.90. The van der Waals surface area contributed by atoms with Crippen molar-refractivity contribution >= 4 is 29.3 Å². The smallest absolute Gasteiger partial charge is 0.255 e. The molecule has 3 N–H and O–H groups in total. The summed E-state index contributed by atoms with van der Waals surface area (Å²) >= 11 is 7.69. The van der Waals surface area contributed by atoms with Crippen molar-refractivity contribution in [2.45, 2.75) is 6.42 Å². The molecule has 0 aliphatic heterocycles. The number of aromatic amines is 1. The van der Waals surface area contributed by atoms with Crippen molar-refractivity contribution in [1.82, 2.24) is 15.5 Å². The van der Waals surface area contributed by atoms with Crippen LogP contribution in [-0.4, -0.2) is 45.9 Å². The van der Waals surface area contributed by atoms with E-state index in [1.165, 1.54) is 6.20 Å². The number of halogens is 1. The predicted octanol–water partition coefficient (Wildman–Crippen LogP) is 2.58. The van der Waals surface area contributed by atoms with Gasteiger partial charge in [-0.15, -0.1) is 0 Å². The molecule has 0 unspecified atom stereocenters. The molecule has 7 heteroatoms. The molecule has 5 nitrogen and oxygen atoms in total. The summed E-state index contributed by atoms with van der Waals surface area (Å²) in [5.41, 5.74) is 1.99. The third kappa shape index (κ3) is 4.76. The highest BCUT2D eigenvalue weighted by atomic mass is 35.5. The molecule has 0 saturated carbocycles. The van der Waals surface area contributed by atoms with Crippen LogP contribution in [0.1, 0.15) is 16.8 Å². The molecule has 0 fully saturated rings. The van der Waals surface area contributed by atoms with E-state index in [0.717, 1.165) is 23.5 Å². The van der Waals surface area contributed by atoms with Crippen LogP contribution >= 0.6 is 23.4 Å². The molecule has 0 atom stereocenters. The number of aliphatic hydroxyl groups excluding tert-OH is 1. The molecule has 22 heavy (non-hydrogen) atoms. The van der Waals surface area contributed by atoms with Gasteiger partial charge in [-0.05, 0) is 24.3 Å². The molecule has 1 aromatic heterocycles. The first-order valence-electron chi connectivity index (χ1n) is 6.98. The van der Waals surface area contributed by atoms with Gasteiger partial charge in [0.05, 0.1) is 17.5 Å². The normalized spacial score (nSPS) is 10.6. The van der Waals surface area contributed by atoms with Gasteiger partial charge >= 0.3 is 0 Å². The van der Waals surface area contributed by atoms with Crippen LogP contribution in [-0.2, 0) is 0 Å². The zero-order valence-electron chi connectivity index (χ0n) is 12.0. The summed E-state index contributed by atoms with van der Waals surface area (Å²) in [7, 11) is 0. The first-order valence-corrected chi connectivity index (χ1v) is 8.51. The van der Waals surface area contributed by atoms with Gasteiger partial charge in [-0.3, -0.25) is 9.89 Å². The van der Waals surface area contributed by atoms with Crippen LogP contribution in [0.25, 0.3) is 11.3 Å². The third-order valence-electron chi connectivity index (χ3n) is 2.98. The molecule has 0 aliphatic rings. The van der Waals surface area contributed by atoms with Gasteiger partial charge in [0.2, 0.25) is 0 Å². The number of carbonyl (C=O) groups excluding carboxylic acids is 1. The van der Waals surface area contributed by atoms with Gasteiger partial charge in [-0.2, -0.15) is 16.9 Å². The Bertz CT molecular complexity index is 618. The summed E-state index contributed by atoms with van der Waals surface area (Å²) in [5.74, 6) is 1.55. The zero-order valence-corrected chi connectivity index (χ0v) is 13.6. The van der Waals surface area contributed by atoms with Crippen LogP contribution in [0.15, 0.2) is 30.5 Å². The molecule has 0 spiro atoms. The Morgan fingerprint density at radius 1 is 1.41 bits per heavy atom. The van der Waals surface area contributed by atoms with E-state index in [9.17, 15) is 4.79 Å². The van der Waals surface area contributed by atoms with Gasteiger partial charge in [0.25, 0.3) is 5.91 Å². The SMILES string of the molecule is O=C(NCCSCCCO)c1cn[nH]c1-c1cccc(Cl)c1. The number of H-pyrrole nitrogens is 1. The highest BCUT2D eigenvalue weighted by Crippen LogP contribution is 2.23. The minimum atomic E-state index is -0.161. The molecule has 0 bridgehead atoms. The first-order chi connectivity index (χ1) is 10.7. The molecule has 0 aliphatic carbocycles. The minimum Gasteiger partial charge on any atom is -0.396 e. The van der Waals surface area contributed by atoms with Crippen LogP contribution < -0.4 is 5.32 Å². The third-order valence-corrected chi connectivity index (χ3v) is 4.28. The van der Waals surface area contributed by atoms with E-state index in [4.69, 9.17) is 16.7 Å². The largest absolute Gasteiger partial charge is 0.396 e. The maximum Gasteiger partial charge on any atom is 0.255 e. The standard InChI is InChI=1S/C15H18ClN3O2S/c16-12-4-1-3-11(9-12)14-13(10-18-19-14)15(21)17-5-8-22-7-2-6-20/h1,3-4,9-10,20H,2,5-8H2,(H,17,21)(H,18,19). The fourth-order valence-electron chi connectivity index (χ4n) is 1.92. The highest BCUT2D eigenvalue weighted by molar-refractivity contribution is 7.99. The number of amides is 1. The van der Waals surface area contributed by atoms with Crippen molar-refractivity contribution < 1.29 is 9.90 Å². The van der Waals surface area contributed by atoms with Crippen LogP contribution in [0.3, 0.4) is 0 Å². The quantitative estimate of drug-likeness (QED) is 0.646. The molecule has 1 amide bonds. The summed E-state index contributed by atoms with van der Waals surface area (Å²) in [6.45, 7) is 0.784. The maximum absolute atomic E-state index is 12.2. The first kappa shape index (κ1) is 16.9. The lowest BCUT2D eigenvalue weighted by Crippen LogP contribution is -2.26. The lowest BCUT2D eigenvalue weighted by molar-refractivity contribution is 0.0957. The van der Waals surface area contributed by atoms with Crippen LogP contribution in [0.5, 0.6) is 0 Å². The van der Waals surface area contributed by atoms with Gasteiger partial charge in [-0.1, -0.05) is 23.7 Å². The summed E-state index contributed by atoms with van der Waals surface area (Å²) in [5, 5.41) is 19.0. The molecule has 0 radical (unpaired) electrons. The number of hydrogen-bond acceptors (Lipinski definition) is 4. The van der Waals surface area contributed by atoms with Crippen molar-refractivity contribution in [1.29, 1.82) is 0 Å². The number of aromatic nitrogens is 2. The Kier molecular flexibility index (Phi) is 6.76. The van der Waals surface area contributed by atoms with Gasteiger partial charge in [-0.25, -0.2) is 0 Å². The molecule has 1 aromatic carbocycles. The van der Waals surface area contributed by atoms with Crippen molar-refractivity contribution in [3.63, 3.8) is 0 Å². The number of nitrogens with zero attached hydrogens (tertiary/aromatic N) is 1. The molecule has 0 saturated heterocycles. The fraction of sp³-hybridized carbons (Fsp3) is 0.333. The Morgan fingerprint density at radius 2 is 2.27 bits per heavy atom. The van der Waals surface area contributed by atoms with Crippen molar-refractivity contribution in [2.75, 3.05) is 24.7 Å². The van der Waals surface area contributed by atoms with E-state index in [2.05, 4.69) is 15.5 Å². The number of benzene rings is 1. The molecule has 2 aromatic rings. The Hall–Kier alpha value is -1.50. The van der Waals surface area contributed by atoms with E-state index in [-0.39, 0.29) is 12.5 Å². The summed E-state index contributed by atoms with van der Waals surface area (Å²) in [6, 6.07) is 7.28. The van der Waals surface area contributed by atoms with E-state index < -0.39 is 0 Å². The summed E-state index contributed by atoms with van der Waals surface area (Å²) in [6.07, 6.45) is 2.30. The lowest BCUT2D eigenvalue weighted by atomic mass is 10.1. The average molecular weight is 340 g/mol. The Morgan fingerprint density at radius 3 is 3.05 bits per heavy atom. The monoisotopic (exact) mass is 339 g/mol. The van der Waals surface area contributed by atoms with Crippen LogP contribution in [0, 0.1) is 0 Å². The van der Waals surface area contributed by atoms with Crippen molar-refractivity contribution in [3.05, 3.63) is 41.0 Å². The summed E-state index contributed by atoms with van der Waals surface area (Å²) < 4.78 is 0. The van der Waals surface area contributed by atoms with Crippen molar-refractivity contribution in [3.8, 4) is 11.3 Å². The molecule has 118 valence electrons. The number of carbonyl (C=O) groups is 1. The van der Waals surface area contributed by atoms with E-state index in [0.29, 0.717) is 22.8 Å². The Balaban J connectivity index is 1.93. The lowest BCUT2D eigenvalue weighted by Gasteiger charge is -2.06. The van der Waals surface area contributed by atoms with Crippen LogP contribution in [0.4, 0.5) is 0 Å². The topological polar surface area (TPSA) is 78.0 Å². The van der Waals surface area contributed by atoms with Gasteiger partial charge in [0.1, 0.15) is 0 Å². The second-order valence-electron chi connectivity index (χ2n) is 4.61. The average Bonchev–Trinajstić information content (AvgIpc) is 3.00. The van der Waals surface area contributed by atoms with Crippen LogP contribution in [0.2, 0.25) is 5.02 Å². The van der Waals surface area contributed by atoms with Gasteiger partial charge in [0, 0.05) is 29.5 Å². The number of rotatable bonds is 8. The minimum absolute atomic E-state index is 0.161. The second-order valence-corrected chi connectivity index (χ2v) is 6.28. The molecule has 2 rings (SSSR count). The van der Waals surface area contributed by atoms with E-state index in [1.54, 1.807) is 23.9 Å². The second kappa shape index (κ2) is 8.82. The number of aliphatic hydroxyl groups is 1. The number of nitrogens with one attached hydrogen (secondary N) is 2. The van der Waals surface area contributed by atoms with Gasteiger partial charge < -0.3 is 10.4 Å². The summed E-state index contributed by atoms with van der Waals surface area (Å²) in [4.78, 5) is 12.2. The van der Waals surface area contributed by atoms with Crippen molar-refractivity contribution in [2.24, 2.45) is 0 Å². The molecule has 1 heterocycles. The Labute approximate surface area is 138 Å². The van der Waals surface area contributed by atoms with E-state index >= 15 is 0 Å². The molecular weight excluding hydrogens is 322 g/mol. The zero-order chi connectivity index (χ0) is 15.8.